The van der Waals surface area contributed by atoms with E-state index in [-0.39, 0.29) is 17.4 Å². The third kappa shape index (κ3) is 3.13. The molecule has 0 spiro atoms. The Morgan fingerprint density at radius 1 is 1.40 bits per heavy atom. The van der Waals surface area contributed by atoms with Crippen LogP contribution in [0.15, 0.2) is 30.3 Å². The van der Waals surface area contributed by atoms with Crippen LogP contribution in [0.3, 0.4) is 0 Å². The molecule has 0 aliphatic rings. The molecule has 20 heavy (non-hydrogen) atoms. The largest absolute Gasteiger partial charge is 0.440 e. The van der Waals surface area contributed by atoms with Crippen molar-refractivity contribution in [2.24, 2.45) is 0 Å². The summed E-state index contributed by atoms with van der Waals surface area (Å²) in [5, 5.41) is 29.5. The van der Waals surface area contributed by atoms with E-state index in [0.29, 0.717) is 10.6 Å². The molecule has 2 rings (SSSR count). The third-order valence-electron chi connectivity index (χ3n) is 2.62. The average molecular weight is 295 g/mol. The van der Waals surface area contributed by atoms with E-state index in [2.05, 4.69) is 0 Å². The molecule has 0 saturated heterocycles. The highest BCUT2D eigenvalue weighted by Crippen LogP contribution is 2.41. The number of nitro groups is 1. The van der Waals surface area contributed by atoms with E-state index in [9.17, 15) is 15.2 Å². The molecule has 0 aliphatic carbocycles. The maximum atomic E-state index is 11.0. The number of nitrogens with zero attached hydrogens (tertiary/aromatic N) is 1. The Bertz CT molecular complexity index is 606. The fraction of sp³-hybridized carbons (Fsp3) is 0.231. The van der Waals surface area contributed by atoms with E-state index < -0.39 is 11.0 Å². The molecule has 1 atom stereocenters. The molecule has 0 fully saturated rings. The number of aliphatic hydroxyl groups excluding tert-OH is 2. The van der Waals surface area contributed by atoms with Gasteiger partial charge in [-0.15, -0.1) is 0 Å². The number of thiophene rings is 1. The Morgan fingerprint density at radius 3 is 2.55 bits per heavy atom. The summed E-state index contributed by atoms with van der Waals surface area (Å²) in [5.74, 6) is 0.435. The lowest BCUT2D eigenvalue weighted by molar-refractivity contribution is -0.385. The zero-order chi connectivity index (χ0) is 14.7. The van der Waals surface area contributed by atoms with Gasteiger partial charge in [0.2, 0.25) is 0 Å². The lowest BCUT2D eigenvalue weighted by atomic mass is 10.2. The van der Waals surface area contributed by atoms with Gasteiger partial charge in [0.25, 0.3) is 5.06 Å². The van der Waals surface area contributed by atoms with Gasteiger partial charge in [-0.3, -0.25) is 10.1 Å². The number of hydrogen-bond donors (Lipinski definition) is 2. The highest BCUT2D eigenvalue weighted by Gasteiger charge is 2.23. The minimum atomic E-state index is -0.784. The van der Waals surface area contributed by atoms with Gasteiger partial charge in [0, 0.05) is 10.9 Å². The minimum absolute atomic E-state index is 0.0778. The van der Waals surface area contributed by atoms with Crippen LogP contribution in [0, 0.1) is 10.1 Å². The van der Waals surface area contributed by atoms with Crippen molar-refractivity contribution in [3.05, 3.63) is 50.9 Å². The van der Waals surface area contributed by atoms with Crippen molar-refractivity contribution in [3.63, 3.8) is 0 Å². The molecule has 0 amide bonds. The van der Waals surface area contributed by atoms with E-state index in [0.717, 1.165) is 16.9 Å². The van der Waals surface area contributed by atoms with E-state index in [4.69, 9.17) is 9.84 Å². The standard InChI is InChI=1S/C13H13NO5S/c1-8(16)12-6-11(14(17)18)13(20-12)19-10-4-2-9(7-15)3-5-10/h2-6,8,15-16H,7H2,1H3/t8-/m1/s1. The van der Waals surface area contributed by atoms with Crippen LogP contribution >= 0.6 is 11.3 Å². The SMILES string of the molecule is C[C@@H](O)c1cc([N+](=O)[O-])c(Oc2ccc(CO)cc2)s1. The summed E-state index contributed by atoms with van der Waals surface area (Å²) in [5.41, 5.74) is 0.555. The van der Waals surface area contributed by atoms with E-state index in [1.54, 1.807) is 24.3 Å². The molecule has 1 aromatic carbocycles. The monoisotopic (exact) mass is 295 g/mol. The lowest BCUT2D eigenvalue weighted by Gasteiger charge is -2.03. The van der Waals surface area contributed by atoms with Gasteiger partial charge in [0.1, 0.15) is 5.75 Å². The van der Waals surface area contributed by atoms with Gasteiger partial charge in [-0.25, -0.2) is 0 Å². The molecule has 6 nitrogen and oxygen atoms in total. The number of ether oxygens (including phenoxy) is 1. The van der Waals surface area contributed by atoms with Gasteiger partial charge >= 0.3 is 5.69 Å². The van der Waals surface area contributed by atoms with Crippen LogP contribution in [0.5, 0.6) is 10.8 Å². The average Bonchev–Trinajstić information content (AvgIpc) is 2.84. The number of hydrogen-bond acceptors (Lipinski definition) is 6. The topological polar surface area (TPSA) is 92.8 Å². The minimum Gasteiger partial charge on any atom is -0.440 e. The third-order valence-corrected chi connectivity index (χ3v) is 3.80. The smallest absolute Gasteiger partial charge is 0.323 e. The summed E-state index contributed by atoms with van der Waals surface area (Å²) >= 11 is 1.04. The molecular formula is C13H13NO5S. The summed E-state index contributed by atoms with van der Waals surface area (Å²) < 4.78 is 5.49. The predicted molar refractivity (Wildman–Crippen MR) is 74.0 cm³/mol. The summed E-state index contributed by atoms with van der Waals surface area (Å²) in [6.07, 6.45) is -0.784. The van der Waals surface area contributed by atoms with Crippen LogP contribution < -0.4 is 4.74 Å². The van der Waals surface area contributed by atoms with Gasteiger partial charge in [-0.2, -0.15) is 0 Å². The first-order chi connectivity index (χ1) is 9.51. The van der Waals surface area contributed by atoms with E-state index in [1.165, 1.54) is 13.0 Å². The molecule has 0 unspecified atom stereocenters. The normalized spacial score (nSPS) is 12.2. The second-order valence-electron chi connectivity index (χ2n) is 4.16. The number of benzene rings is 1. The molecule has 1 heterocycles. The molecule has 0 aliphatic heterocycles. The van der Waals surface area contributed by atoms with Gasteiger partial charge in [0.15, 0.2) is 0 Å². The van der Waals surface area contributed by atoms with Gasteiger partial charge in [-0.1, -0.05) is 23.5 Å². The summed E-state index contributed by atoms with van der Waals surface area (Å²) in [7, 11) is 0. The molecule has 106 valence electrons. The van der Waals surface area contributed by atoms with E-state index >= 15 is 0 Å². The highest BCUT2D eigenvalue weighted by molar-refractivity contribution is 7.14. The first-order valence-corrected chi connectivity index (χ1v) is 6.66. The van der Waals surface area contributed by atoms with Crippen molar-refractivity contribution in [1.29, 1.82) is 0 Å². The fourth-order valence-corrected chi connectivity index (χ4v) is 2.49. The lowest BCUT2D eigenvalue weighted by Crippen LogP contribution is -1.90. The van der Waals surface area contributed by atoms with Gasteiger partial charge < -0.3 is 14.9 Å². The maximum absolute atomic E-state index is 11.0. The zero-order valence-corrected chi connectivity index (χ0v) is 11.5. The van der Waals surface area contributed by atoms with Crippen LogP contribution in [0.4, 0.5) is 5.69 Å². The molecule has 2 N–H and O–H groups in total. The Hall–Kier alpha value is -1.96. The van der Waals surface area contributed by atoms with Crippen molar-refractivity contribution in [2.45, 2.75) is 19.6 Å². The number of rotatable bonds is 5. The van der Waals surface area contributed by atoms with Gasteiger partial charge in [0.05, 0.1) is 17.6 Å². The van der Waals surface area contributed by atoms with Crippen LogP contribution in [0.1, 0.15) is 23.5 Å². The molecule has 7 heteroatoms. The molecule has 2 aromatic rings. The second-order valence-corrected chi connectivity index (χ2v) is 5.20. The van der Waals surface area contributed by atoms with Gasteiger partial charge in [-0.05, 0) is 24.6 Å². The van der Waals surface area contributed by atoms with Crippen molar-refractivity contribution < 1.29 is 19.9 Å². The Morgan fingerprint density at radius 2 is 2.05 bits per heavy atom. The van der Waals surface area contributed by atoms with Crippen molar-refractivity contribution in [3.8, 4) is 10.8 Å². The second kappa shape index (κ2) is 6.00. The zero-order valence-electron chi connectivity index (χ0n) is 10.6. The first kappa shape index (κ1) is 14.4. The van der Waals surface area contributed by atoms with Crippen LogP contribution in [-0.4, -0.2) is 15.1 Å². The summed E-state index contributed by atoms with van der Waals surface area (Å²) in [6, 6.07) is 7.90. The summed E-state index contributed by atoms with van der Waals surface area (Å²) in [4.78, 5) is 10.9. The van der Waals surface area contributed by atoms with Crippen molar-refractivity contribution >= 4 is 17.0 Å². The molecule has 1 aromatic heterocycles. The van der Waals surface area contributed by atoms with Crippen LogP contribution in [0.25, 0.3) is 0 Å². The quantitative estimate of drug-likeness (QED) is 0.653. The Balaban J connectivity index is 2.29. The Labute approximate surface area is 119 Å². The van der Waals surface area contributed by atoms with Crippen molar-refractivity contribution in [2.75, 3.05) is 0 Å². The van der Waals surface area contributed by atoms with E-state index in [1.807, 2.05) is 0 Å². The highest BCUT2D eigenvalue weighted by atomic mass is 32.1. The van der Waals surface area contributed by atoms with Crippen LogP contribution in [-0.2, 0) is 6.61 Å². The number of aliphatic hydroxyl groups is 2. The Kier molecular flexibility index (Phi) is 4.33. The predicted octanol–water partition coefficient (Wildman–Crippen LogP) is 2.99. The maximum Gasteiger partial charge on any atom is 0.323 e. The molecule has 0 bridgehead atoms. The summed E-state index contributed by atoms with van der Waals surface area (Å²) in [6.45, 7) is 1.46. The van der Waals surface area contributed by atoms with Crippen molar-refractivity contribution in [1.82, 2.24) is 0 Å². The fourth-order valence-electron chi connectivity index (χ4n) is 1.56. The molecule has 0 radical (unpaired) electrons. The van der Waals surface area contributed by atoms with Crippen LogP contribution in [0.2, 0.25) is 0 Å². The molecular weight excluding hydrogens is 282 g/mol. The first-order valence-electron chi connectivity index (χ1n) is 5.85. The molecule has 0 saturated carbocycles.